The van der Waals surface area contributed by atoms with Crippen LogP contribution in [0.1, 0.15) is 46.1 Å². The number of methoxy groups -OCH3 is 1. The molecule has 0 saturated heterocycles. The van der Waals surface area contributed by atoms with Crippen LogP contribution in [0.3, 0.4) is 0 Å². The molecule has 1 N–H and O–H groups in total. The molecule has 11 heteroatoms. The quantitative estimate of drug-likeness (QED) is 0.199. The first kappa shape index (κ1) is 34.8. The van der Waals surface area contributed by atoms with Crippen molar-refractivity contribution < 1.29 is 27.5 Å². The first-order valence-electron chi connectivity index (χ1n) is 14.7. The molecule has 0 aromatic heterocycles. The maximum atomic E-state index is 14.4. The van der Waals surface area contributed by atoms with E-state index in [2.05, 4.69) is 5.32 Å². The Kier molecular flexibility index (Phi) is 13.0. The van der Waals surface area contributed by atoms with E-state index in [4.69, 9.17) is 9.47 Å². The van der Waals surface area contributed by atoms with Gasteiger partial charge in [-0.3, -0.25) is 13.9 Å². The van der Waals surface area contributed by atoms with E-state index < -0.39 is 28.5 Å². The van der Waals surface area contributed by atoms with Crippen molar-refractivity contribution in [3.05, 3.63) is 78.4 Å². The second-order valence-electron chi connectivity index (χ2n) is 10.2. The van der Waals surface area contributed by atoms with Gasteiger partial charge in [0.05, 0.1) is 24.3 Å². The molecular weight excluding hydrogens is 599 g/mol. The highest BCUT2D eigenvalue weighted by molar-refractivity contribution is 7.98. The van der Waals surface area contributed by atoms with Crippen molar-refractivity contribution in [1.29, 1.82) is 0 Å². The van der Waals surface area contributed by atoms with Crippen molar-refractivity contribution >= 4 is 39.3 Å². The molecule has 44 heavy (non-hydrogen) atoms. The molecule has 0 spiro atoms. The SMILES string of the molecule is CCOc1ccccc1N(CC(=O)N(Cc1cccc(OC)c1)C(CC)C(=O)NC(C)CC)S(=O)(=O)c1ccc(SC)cc1. The number of benzene rings is 3. The monoisotopic (exact) mass is 641 g/mol. The van der Waals surface area contributed by atoms with E-state index in [0.29, 0.717) is 24.5 Å². The zero-order chi connectivity index (χ0) is 32.3. The third-order valence-electron chi connectivity index (χ3n) is 7.23. The molecule has 0 aliphatic heterocycles. The van der Waals surface area contributed by atoms with Gasteiger partial charge in [-0.15, -0.1) is 11.8 Å². The smallest absolute Gasteiger partial charge is 0.264 e. The van der Waals surface area contributed by atoms with Crippen LogP contribution in [-0.4, -0.2) is 63.7 Å². The normalized spacial score (nSPS) is 12.6. The average Bonchev–Trinajstić information content (AvgIpc) is 3.03. The average molecular weight is 642 g/mol. The Balaban J connectivity index is 2.12. The molecule has 238 valence electrons. The summed E-state index contributed by atoms with van der Waals surface area (Å²) in [4.78, 5) is 30.2. The molecule has 2 amide bonds. The van der Waals surface area contributed by atoms with Gasteiger partial charge in [-0.05, 0) is 87.0 Å². The number of para-hydroxylation sites is 2. The molecule has 3 aromatic carbocycles. The molecule has 0 aliphatic rings. The van der Waals surface area contributed by atoms with Gasteiger partial charge >= 0.3 is 0 Å². The van der Waals surface area contributed by atoms with Crippen LogP contribution in [0.4, 0.5) is 5.69 Å². The highest BCUT2D eigenvalue weighted by Gasteiger charge is 2.35. The van der Waals surface area contributed by atoms with E-state index in [1.54, 1.807) is 62.6 Å². The Morgan fingerprint density at radius 1 is 0.955 bits per heavy atom. The van der Waals surface area contributed by atoms with Crippen LogP contribution in [-0.2, 0) is 26.2 Å². The van der Waals surface area contributed by atoms with Gasteiger partial charge in [0, 0.05) is 17.5 Å². The molecule has 2 atom stereocenters. The lowest BCUT2D eigenvalue weighted by molar-refractivity contribution is -0.140. The molecule has 0 aliphatic carbocycles. The summed E-state index contributed by atoms with van der Waals surface area (Å²) in [5.74, 6) is 0.105. The minimum Gasteiger partial charge on any atom is -0.497 e. The highest BCUT2D eigenvalue weighted by atomic mass is 32.2. The predicted molar refractivity (Wildman–Crippen MR) is 176 cm³/mol. The fourth-order valence-electron chi connectivity index (χ4n) is 4.66. The number of sulfonamides is 1. The van der Waals surface area contributed by atoms with Crippen molar-refractivity contribution in [1.82, 2.24) is 10.2 Å². The Hall–Kier alpha value is -3.70. The summed E-state index contributed by atoms with van der Waals surface area (Å²) < 4.78 is 40.7. The van der Waals surface area contributed by atoms with Crippen LogP contribution in [0.25, 0.3) is 0 Å². The minimum atomic E-state index is -4.23. The van der Waals surface area contributed by atoms with E-state index in [9.17, 15) is 18.0 Å². The fourth-order valence-corrected chi connectivity index (χ4v) is 6.49. The molecule has 0 heterocycles. The Labute approximate surface area is 266 Å². The van der Waals surface area contributed by atoms with Gasteiger partial charge in [0.15, 0.2) is 0 Å². The number of nitrogens with zero attached hydrogens (tertiary/aromatic N) is 2. The first-order valence-corrected chi connectivity index (χ1v) is 17.4. The van der Waals surface area contributed by atoms with Gasteiger partial charge in [0.2, 0.25) is 11.8 Å². The van der Waals surface area contributed by atoms with E-state index in [0.717, 1.165) is 21.2 Å². The van der Waals surface area contributed by atoms with Crippen molar-refractivity contribution in [3.63, 3.8) is 0 Å². The number of anilines is 1. The van der Waals surface area contributed by atoms with Crippen molar-refractivity contribution in [2.24, 2.45) is 0 Å². The summed E-state index contributed by atoms with van der Waals surface area (Å²) >= 11 is 1.50. The van der Waals surface area contributed by atoms with Gasteiger partial charge in [0.1, 0.15) is 24.1 Å². The summed E-state index contributed by atoms with van der Waals surface area (Å²) in [6.45, 7) is 7.34. The van der Waals surface area contributed by atoms with E-state index >= 15 is 0 Å². The predicted octanol–water partition coefficient (Wildman–Crippen LogP) is 5.73. The van der Waals surface area contributed by atoms with Gasteiger partial charge in [-0.25, -0.2) is 8.42 Å². The number of rotatable bonds is 16. The molecule has 9 nitrogen and oxygen atoms in total. The Morgan fingerprint density at radius 3 is 2.27 bits per heavy atom. The van der Waals surface area contributed by atoms with Gasteiger partial charge in [0.25, 0.3) is 10.0 Å². The number of carbonyl (C=O) groups excluding carboxylic acids is 2. The largest absolute Gasteiger partial charge is 0.497 e. The second kappa shape index (κ2) is 16.4. The summed E-state index contributed by atoms with van der Waals surface area (Å²) in [5, 5.41) is 2.99. The lowest BCUT2D eigenvalue weighted by Crippen LogP contribution is -2.53. The van der Waals surface area contributed by atoms with Gasteiger partial charge < -0.3 is 19.7 Å². The lowest BCUT2D eigenvalue weighted by Gasteiger charge is -2.34. The molecular formula is C33H43N3O6S2. The van der Waals surface area contributed by atoms with Crippen LogP contribution < -0.4 is 19.1 Å². The Bertz CT molecular complexity index is 1500. The molecule has 3 rings (SSSR count). The molecule has 0 saturated carbocycles. The van der Waals surface area contributed by atoms with Gasteiger partial charge in [-0.2, -0.15) is 0 Å². The zero-order valence-electron chi connectivity index (χ0n) is 26.3. The van der Waals surface area contributed by atoms with Crippen molar-refractivity contribution in [3.8, 4) is 11.5 Å². The molecule has 0 radical (unpaired) electrons. The third-order valence-corrected chi connectivity index (χ3v) is 9.75. The van der Waals surface area contributed by atoms with Crippen molar-refractivity contribution in [2.75, 3.05) is 30.8 Å². The van der Waals surface area contributed by atoms with Crippen molar-refractivity contribution in [2.45, 2.75) is 69.0 Å². The standard InChI is InChI=1S/C33H43N3O6S2/c1-7-24(4)34-33(38)29(8-2)35(22-25-13-12-14-26(21-25)41-5)32(37)23-36(30-15-10-11-16-31(30)42-9-3)44(39,40)28-19-17-27(43-6)18-20-28/h10-21,24,29H,7-9,22-23H2,1-6H3,(H,34,38). The van der Waals surface area contributed by atoms with E-state index in [1.807, 2.05) is 39.2 Å². The topological polar surface area (TPSA) is 105 Å². The van der Waals surface area contributed by atoms with Crippen LogP contribution in [0.2, 0.25) is 0 Å². The zero-order valence-corrected chi connectivity index (χ0v) is 27.9. The summed E-state index contributed by atoms with van der Waals surface area (Å²) in [5.41, 5.74) is 0.972. The molecule has 0 bridgehead atoms. The number of nitrogens with one attached hydrogen (secondary N) is 1. The molecule has 0 fully saturated rings. The van der Waals surface area contributed by atoms with Gasteiger partial charge in [-0.1, -0.05) is 38.1 Å². The maximum absolute atomic E-state index is 14.4. The lowest BCUT2D eigenvalue weighted by atomic mass is 10.1. The molecule has 3 aromatic rings. The number of hydrogen-bond acceptors (Lipinski definition) is 7. The first-order chi connectivity index (χ1) is 21.1. The minimum absolute atomic E-state index is 0.0373. The van der Waals surface area contributed by atoms with E-state index in [-0.39, 0.29) is 29.1 Å². The number of ether oxygens (including phenoxy) is 2. The Morgan fingerprint density at radius 2 is 1.66 bits per heavy atom. The maximum Gasteiger partial charge on any atom is 0.264 e. The summed E-state index contributed by atoms with van der Waals surface area (Å²) in [7, 11) is -2.68. The summed E-state index contributed by atoms with van der Waals surface area (Å²) in [6, 6.07) is 19.6. The highest BCUT2D eigenvalue weighted by Crippen LogP contribution is 2.33. The second-order valence-corrected chi connectivity index (χ2v) is 12.9. The molecule has 2 unspecified atom stereocenters. The third kappa shape index (κ3) is 8.69. The number of amides is 2. The number of carbonyl (C=O) groups is 2. The van der Waals surface area contributed by atoms with Crippen LogP contribution in [0, 0.1) is 0 Å². The van der Waals surface area contributed by atoms with Crippen LogP contribution in [0.15, 0.2) is 82.6 Å². The van der Waals surface area contributed by atoms with Crippen LogP contribution >= 0.6 is 11.8 Å². The van der Waals surface area contributed by atoms with Crippen LogP contribution in [0.5, 0.6) is 11.5 Å². The number of hydrogen-bond donors (Lipinski definition) is 1. The number of thioether (sulfide) groups is 1. The van der Waals surface area contributed by atoms with E-state index in [1.165, 1.54) is 28.8 Å². The fraction of sp³-hybridized carbons (Fsp3) is 0.394. The summed E-state index contributed by atoms with van der Waals surface area (Å²) in [6.07, 6.45) is 2.96.